The van der Waals surface area contributed by atoms with Gasteiger partial charge in [-0.05, 0) is 50.0 Å². The number of hydrogen-bond donors (Lipinski definition) is 2. The van der Waals surface area contributed by atoms with Gasteiger partial charge in [0.05, 0.1) is 13.2 Å². The van der Waals surface area contributed by atoms with Crippen LogP contribution in [0.1, 0.15) is 46.1 Å². The maximum Gasteiger partial charge on any atom is 0.328 e. The van der Waals surface area contributed by atoms with E-state index in [1.54, 1.807) is 27.7 Å². The largest absolute Gasteiger partial charge is 0.466 e. The summed E-state index contributed by atoms with van der Waals surface area (Å²) in [7, 11) is 0. The van der Waals surface area contributed by atoms with Crippen molar-refractivity contribution < 1.29 is 33.0 Å². The van der Waals surface area contributed by atoms with Crippen LogP contribution >= 0.6 is 0 Å². The summed E-state index contributed by atoms with van der Waals surface area (Å²) in [6.07, 6.45) is 2.66. The summed E-state index contributed by atoms with van der Waals surface area (Å²) < 4.78 is 22.8. The Balaban J connectivity index is 2.81. The Labute approximate surface area is 187 Å². The zero-order chi connectivity index (χ0) is 24.1. The molecule has 2 N–H and O–H groups in total. The van der Waals surface area contributed by atoms with Gasteiger partial charge in [-0.25, -0.2) is 9.18 Å². The van der Waals surface area contributed by atoms with Crippen LogP contribution in [0.3, 0.4) is 0 Å². The fourth-order valence-corrected chi connectivity index (χ4v) is 2.73. The summed E-state index contributed by atoms with van der Waals surface area (Å²) in [5, 5.41) is 5.17. The normalized spacial score (nSPS) is 12.8. The third-order valence-corrected chi connectivity index (χ3v) is 4.37. The van der Waals surface area contributed by atoms with Gasteiger partial charge in [0.2, 0.25) is 11.8 Å². The van der Waals surface area contributed by atoms with Gasteiger partial charge in [-0.2, -0.15) is 0 Å². The Kier molecular flexibility index (Phi) is 11.7. The van der Waals surface area contributed by atoms with Gasteiger partial charge in [-0.15, -0.1) is 0 Å². The molecule has 0 bridgehead atoms. The molecule has 0 unspecified atom stereocenters. The van der Waals surface area contributed by atoms with Crippen molar-refractivity contribution in [3.63, 3.8) is 0 Å². The van der Waals surface area contributed by atoms with Crippen molar-refractivity contribution in [1.29, 1.82) is 0 Å². The minimum Gasteiger partial charge on any atom is -0.466 e. The Morgan fingerprint density at radius 1 is 1.00 bits per heavy atom. The second-order valence-corrected chi connectivity index (χ2v) is 7.27. The summed E-state index contributed by atoms with van der Waals surface area (Å²) in [6, 6.07) is 3.58. The molecule has 1 aromatic carbocycles. The van der Waals surface area contributed by atoms with Crippen LogP contribution in [0.25, 0.3) is 6.08 Å². The van der Waals surface area contributed by atoms with Crippen LogP contribution in [0.4, 0.5) is 4.39 Å². The first-order valence-corrected chi connectivity index (χ1v) is 10.5. The van der Waals surface area contributed by atoms with Gasteiger partial charge in [0.15, 0.2) is 0 Å². The minimum absolute atomic E-state index is 0.00659. The average molecular weight is 451 g/mol. The fraction of sp³-hybridized carbons (Fsp3) is 0.478. The maximum atomic E-state index is 13.0. The smallest absolute Gasteiger partial charge is 0.328 e. The number of benzene rings is 1. The van der Waals surface area contributed by atoms with Crippen molar-refractivity contribution in [3.8, 4) is 0 Å². The molecule has 0 heterocycles. The first kappa shape index (κ1) is 26.8. The molecule has 2 amide bonds. The molecule has 0 fully saturated rings. The van der Waals surface area contributed by atoms with Crippen LogP contribution < -0.4 is 10.6 Å². The van der Waals surface area contributed by atoms with Gasteiger partial charge >= 0.3 is 11.9 Å². The molecule has 1 aromatic rings. The van der Waals surface area contributed by atoms with Gasteiger partial charge in [-0.1, -0.05) is 26.0 Å². The molecule has 32 heavy (non-hydrogen) atoms. The van der Waals surface area contributed by atoms with Crippen LogP contribution in [0.2, 0.25) is 0 Å². The highest BCUT2D eigenvalue weighted by Gasteiger charge is 2.29. The van der Waals surface area contributed by atoms with Crippen LogP contribution in [0.15, 0.2) is 30.3 Å². The SMILES string of the molecule is CCOC(=O)CC[C@@H](NC(=O)[C@@H](NC(=O)/C=C/c1ccc(F)cc1)C(C)C)C(=O)OCC. The molecule has 0 aliphatic carbocycles. The van der Waals surface area contributed by atoms with Crippen LogP contribution in [0.5, 0.6) is 0 Å². The monoisotopic (exact) mass is 450 g/mol. The molecule has 0 aliphatic heterocycles. The van der Waals surface area contributed by atoms with Gasteiger partial charge in [0, 0.05) is 12.5 Å². The fourth-order valence-electron chi connectivity index (χ4n) is 2.73. The Morgan fingerprint density at radius 3 is 2.19 bits per heavy atom. The van der Waals surface area contributed by atoms with Crippen LogP contribution in [0, 0.1) is 11.7 Å². The van der Waals surface area contributed by atoms with E-state index in [-0.39, 0.29) is 37.8 Å². The standard InChI is InChI=1S/C23H31FN2O6/c1-5-31-20(28)14-12-18(23(30)32-6-2)25-22(29)21(15(3)4)26-19(27)13-9-16-7-10-17(24)11-8-16/h7-11,13,15,18,21H,5-6,12,14H2,1-4H3,(H,25,29)(H,26,27)/b13-9+/t18-,21+/m1/s1. The number of esters is 2. The van der Waals surface area contributed by atoms with Crippen molar-refractivity contribution >= 4 is 29.8 Å². The third kappa shape index (κ3) is 9.72. The number of halogens is 1. The number of nitrogens with one attached hydrogen (secondary N) is 2. The van der Waals surface area contributed by atoms with Crippen molar-refractivity contribution in [1.82, 2.24) is 10.6 Å². The average Bonchev–Trinajstić information content (AvgIpc) is 2.74. The van der Waals surface area contributed by atoms with E-state index >= 15 is 0 Å². The number of amides is 2. The molecule has 8 nitrogen and oxygen atoms in total. The van der Waals surface area contributed by atoms with Gasteiger partial charge in [0.1, 0.15) is 17.9 Å². The van der Waals surface area contributed by atoms with Crippen molar-refractivity contribution in [3.05, 3.63) is 41.7 Å². The number of ether oxygens (including phenoxy) is 2. The third-order valence-electron chi connectivity index (χ3n) is 4.37. The van der Waals surface area contributed by atoms with E-state index in [2.05, 4.69) is 10.6 Å². The molecule has 0 radical (unpaired) electrons. The van der Waals surface area contributed by atoms with E-state index in [0.717, 1.165) is 0 Å². The minimum atomic E-state index is -1.06. The lowest BCUT2D eigenvalue weighted by Gasteiger charge is -2.24. The van der Waals surface area contributed by atoms with E-state index in [4.69, 9.17) is 9.47 Å². The zero-order valence-electron chi connectivity index (χ0n) is 18.9. The first-order chi connectivity index (χ1) is 15.2. The molecule has 9 heteroatoms. The van der Waals surface area contributed by atoms with E-state index < -0.39 is 35.8 Å². The van der Waals surface area contributed by atoms with Gasteiger partial charge in [-0.3, -0.25) is 14.4 Å². The molecule has 0 saturated carbocycles. The van der Waals surface area contributed by atoms with Crippen LogP contribution in [-0.4, -0.2) is 49.1 Å². The van der Waals surface area contributed by atoms with Crippen LogP contribution in [-0.2, 0) is 28.7 Å². The summed E-state index contributed by atoms with van der Waals surface area (Å²) in [5.74, 6) is -2.94. The number of carbonyl (C=O) groups excluding carboxylic acids is 4. The molecule has 2 atom stereocenters. The van der Waals surface area contributed by atoms with Crippen molar-refractivity contribution in [2.45, 2.75) is 52.6 Å². The maximum absolute atomic E-state index is 13.0. The molecule has 0 aromatic heterocycles. The highest BCUT2D eigenvalue weighted by molar-refractivity contribution is 5.96. The summed E-state index contributed by atoms with van der Waals surface area (Å²) in [6.45, 7) is 7.11. The lowest BCUT2D eigenvalue weighted by molar-refractivity contribution is -0.149. The zero-order valence-corrected chi connectivity index (χ0v) is 18.9. The van der Waals surface area contributed by atoms with Gasteiger partial charge < -0.3 is 20.1 Å². The summed E-state index contributed by atoms with van der Waals surface area (Å²) in [4.78, 5) is 49.0. The predicted octanol–water partition coefficient (Wildman–Crippen LogP) is 2.37. The molecular formula is C23H31FN2O6. The highest BCUT2D eigenvalue weighted by Crippen LogP contribution is 2.08. The summed E-state index contributed by atoms with van der Waals surface area (Å²) in [5.41, 5.74) is 0.619. The molecular weight excluding hydrogens is 419 g/mol. The Hall–Kier alpha value is -3.23. The molecule has 1 rings (SSSR count). The second kappa shape index (κ2) is 14.0. The summed E-state index contributed by atoms with van der Waals surface area (Å²) >= 11 is 0. The molecule has 0 saturated heterocycles. The second-order valence-electron chi connectivity index (χ2n) is 7.27. The van der Waals surface area contributed by atoms with E-state index in [0.29, 0.717) is 5.56 Å². The topological polar surface area (TPSA) is 111 Å². The molecule has 176 valence electrons. The first-order valence-electron chi connectivity index (χ1n) is 10.5. The molecule has 0 aliphatic rings. The van der Waals surface area contributed by atoms with Crippen molar-refractivity contribution in [2.75, 3.05) is 13.2 Å². The molecule has 0 spiro atoms. The highest BCUT2D eigenvalue weighted by atomic mass is 19.1. The van der Waals surface area contributed by atoms with Crippen molar-refractivity contribution in [2.24, 2.45) is 5.92 Å². The van der Waals surface area contributed by atoms with Gasteiger partial charge in [0.25, 0.3) is 0 Å². The predicted molar refractivity (Wildman–Crippen MR) is 117 cm³/mol. The van der Waals surface area contributed by atoms with E-state index in [1.807, 2.05) is 0 Å². The Morgan fingerprint density at radius 2 is 1.62 bits per heavy atom. The quantitative estimate of drug-likeness (QED) is 0.374. The number of rotatable bonds is 12. The lowest BCUT2D eigenvalue weighted by atomic mass is 10.0. The number of hydrogen-bond acceptors (Lipinski definition) is 6. The number of carbonyl (C=O) groups is 4. The van der Waals surface area contributed by atoms with E-state index in [1.165, 1.54) is 36.4 Å². The lowest BCUT2D eigenvalue weighted by Crippen LogP contribution is -2.53. The van der Waals surface area contributed by atoms with E-state index in [9.17, 15) is 23.6 Å². The Bertz CT molecular complexity index is 807.